The van der Waals surface area contributed by atoms with Gasteiger partial charge in [0, 0.05) is 5.69 Å². The molecule has 0 saturated heterocycles. The summed E-state index contributed by atoms with van der Waals surface area (Å²) in [5, 5.41) is 0.818. The number of aryl methyl sites for hydroxylation is 1. The van der Waals surface area contributed by atoms with Gasteiger partial charge in [-0.25, -0.2) is 9.97 Å². The number of rotatable bonds is 3. The van der Waals surface area contributed by atoms with E-state index in [0.717, 1.165) is 28.6 Å². The SMILES string of the molecule is CCc1ccccc1Oc1ncnc2ccc(N)cc12. The molecule has 0 fully saturated rings. The number of para-hydroxylation sites is 1. The van der Waals surface area contributed by atoms with Crippen molar-refractivity contribution in [2.45, 2.75) is 13.3 Å². The fraction of sp³-hybridized carbons (Fsp3) is 0.125. The van der Waals surface area contributed by atoms with Crippen molar-refractivity contribution in [3.8, 4) is 11.6 Å². The molecule has 1 heterocycles. The molecule has 1 aromatic heterocycles. The molecule has 100 valence electrons. The summed E-state index contributed by atoms with van der Waals surface area (Å²) < 4.78 is 5.96. The molecule has 20 heavy (non-hydrogen) atoms. The normalized spacial score (nSPS) is 10.7. The third kappa shape index (κ3) is 2.28. The lowest BCUT2D eigenvalue weighted by Gasteiger charge is -2.10. The third-order valence-electron chi connectivity index (χ3n) is 3.18. The summed E-state index contributed by atoms with van der Waals surface area (Å²) >= 11 is 0. The Morgan fingerprint density at radius 3 is 2.80 bits per heavy atom. The Hall–Kier alpha value is -2.62. The summed E-state index contributed by atoms with van der Waals surface area (Å²) in [5.41, 5.74) is 8.46. The molecule has 4 nitrogen and oxygen atoms in total. The lowest BCUT2D eigenvalue weighted by atomic mass is 10.1. The zero-order valence-electron chi connectivity index (χ0n) is 11.2. The number of hydrogen-bond acceptors (Lipinski definition) is 4. The Bertz CT molecular complexity index is 756. The molecule has 0 aliphatic rings. The number of benzene rings is 2. The summed E-state index contributed by atoms with van der Waals surface area (Å²) in [6.45, 7) is 2.10. The van der Waals surface area contributed by atoms with Gasteiger partial charge in [-0.3, -0.25) is 0 Å². The van der Waals surface area contributed by atoms with E-state index in [2.05, 4.69) is 16.9 Å². The molecule has 0 saturated carbocycles. The van der Waals surface area contributed by atoms with E-state index in [4.69, 9.17) is 10.5 Å². The summed E-state index contributed by atoms with van der Waals surface area (Å²) in [6.07, 6.45) is 2.41. The Morgan fingerprint density at radius 1 is 1.10 bits per heavy atom. The van der Waals surface area contributed by atoms with Crippen LogP contribution in [0.2, 0.25) is 0 Å². The number of anilines is 1. The van der Waals surface area contributed by atoms with Crippen LogP contribution in [0.4, 0.5) is 5.69 Å². The second-order valence-corrected chi connectivity index (χ2v) is 4.52. The van der Waals surface area contributed by atoms with Crippen LogP contribution in [0.3, 0.4) is 0 Å². The number of fused-ring (bicyclic) bond motifs is 1. The van der Waals surface area contributed by atoms with E-state index in [0.29, 0.717) is 11.6 Å². The maximum Gasteiger partial charge on any atom is 0.230 e. The number of ether oxygens (including phenoxy) is 1. The van der Waals surface area contributed by atoms with Gasteiger partial charge in [0.15, 0.2) is 0 Å². The van der Waals surface area contributed by atoms with E-state index in [9.17, 15) is 0 Å². The van der Waals surface area contributed by atoms with Crippen molar-refractivity contribution >= 4 is 16.6 Å². The number of nitrogens with zero attached hydrogens (tertiary/aromatic N) is 2. The van der Waals surface area contributed by atoms with E-state index in [1.54, 1.807) is 0 Å². The van der Waals surface area contributed by atoms with Gasteiger partial charge >= 0.3 is 0 Å². The molecular weight excluding hydrogens is 250 g/mol. The van der Waals surface area contributed by atoms with Gasteiger partial charge in [-0.05, 0) is 36.2 Å². The van der Waals surface area contributed by atoms with Crippen molar-refractivity contribution in [1.82, 2.24) is 9.97 Å². The van der Waals surface area contributed by atoms with Crippen LogP contribution >= 0.6 is 0 Å². The first-order valence-electron chi connectivity index (χ1n) is 6.54. The number of hydrogen-bond donors (Lipinski definition) is 1. The monoisotopic (exact) mass is 265 g/mol. The maximum absolute atomic E-state index is 5.96. The summed E-state index contributed by atoms with van der Waals surface area (Å²) in [5.74, 6) is 1.35. The van der Waals surface area contributed by atoms with E-state index in [-0.39, 0.29) is 0 Å². The van der Waals surface area contributed by atoms with Crippen LogP contribution in [0.1, 0.15) is 12.5 Å². The standard InChI is InChI=1S/C16H15N3O/c1-2-11-5-3-4-6-15(11)20-16-13-9-12(17)7-8-14(13)18-10-19-16/h3-10H,2,17H2,1H3. The van der Waals surface area contributed by atoms with Crippen molar-refractivity contribution in [3.63, 3.8) is 0 Å². The Morgan fingerprint density at radius 2 is 1.95 bits per heavy atom. The van der Waals surface area contributed by atoms with Crippen molar-refractivity contribution in [2.24, 2.45) is 0 Å². The highest BCUT2D eigenvalue weighted by atomic mass is 16.5. The van der Waals surface area contributed by atoms with E-state index < -0.39 is 0 Å². The van der Waals surface area contributed by atoms with Crippen LogP contribution < -0.4 is 10.5 Å². The largest absolute Gasteiger partial charge is 0.438 e. The minimum Gasteiger partial charge on any atom is -0.438 e. The van der Waals surface area contributed by atoms with Crippen molar-refractivity contribution < 1.29 is 4.74 Å². The Kier molecular flexibility index (Phi) is 3.21. The van der Waals surface area contributed by atoms with E-state index >= 15 is 0 Å². The predicted octanol–water partition coefficient (Wildman–Crippen LogP) is 3.57. The first kappa shape index (κ1) is 12.4. The van der Waals surface area contributed by atoms with Crippen LogP contribution in [0.25, 0.3) is 10.9 Å². The second kappa shape index (κ2) is 5.17. The molecule has 0 unspecified atom stereocenters. The molecule has 0 aliphatic carbocycles. The van der Waals surface area contributed by atoms with Crippen molar-refractivity contribution in [2.75, 3.05) is 5.73 Å². The fourth-order valence-corrected chi connectivity index (χ4v) is 2.13. The van der Waals surface area contributed by atoms with Gasteiger partial charge in [0.1, 0.15) is 12.1 Å². The van der Waals surface area contributed by atoms with Gasteiger partial charge in [-0.15, -0.1) is 0 Å². The van der Waals surface area contributed by atoms with E-state index in [1.807, 2.05) is 42.5 Å². The molecule has 2 N–H and O–H groups in total. The summed E-state index contributed by atoms with van der Waals surface area (Å²) in [6, 6.07) is 13.5. The molecule has 0 amide bonds. The molecule has 3 aromatic rings. The minimum absolute atomic E-state index is 0.531. The summed E-state index contributed by atoms with van der Waals surface area (Å²) in [7, 11) is 0. The minimum atomic E-state index is 0.531. The molecule has 3 rings (SSSR count). The molecule has 0 bridgehead atoms. The number of nitrogens with two attached hydrogens (primary N) is 1. The van der Waals surface area contributed by atoms with Crippen molar-refractivity contribution in [1.29, 1.82) is 0 Å². The van der Waals surface area contributed by atoms with Gasteiger partial charge in [-0.1, -0.05) is 25.1 Å². The van der Waals surface area contributed by atoms with Crippen LogP contribution in [-0.4, -0.2) is 9.97 Å². The average Bonchev–Trinajstić information content (AvgIpc) is 2.48. The average molecular weight is 265 g/mol. The van der Waals surface area contributed by atoms with Crippen LogP contribution in [0, 0.1) is 0 Å². The van der Waals surface area contributed by atoms with Gasteiger partial charge < -0.3 is 10.5 Å². The second-order valence-electron chi connectivity index (χ2n) is 4.52. The van der Waals surface area contributed by atoms with Crippen LogP contribution in [-0.2, 0) is 6.42 Å². The Balaban J connectivity index is 2.08. The van der Waals surface area contributed by atoms with Gasteiger partial charge in [0.25, 0.3) is 0 Å². The zero-order chi connectivity index (χ0) is 13.9. The molecule has 0 spiro atoms. The van der Waals surface area contributed by atoms with Crippen LogP contribution in [0.15, 0.2) is 48.8 Å². The number of nitrogen functional groups attached to an aromatic ring is 1. The highest BCUT2D eigenvalue weighted by Gasteiger charge is 2.08. The Labute approximate surface area is 117 Å². The first-order valence-corrected chi connectivity index (χ1v) is 6.54. The lowest BCUT2D eigenvalue weighted by Crippen LogP contribution is -1.95. The molecule has 2 aromatic carbocycles. The molecule has 0 aliphatic heterocycles. The quantitative estimate of drug-likeness (QED) is 0.735. The van der Waals surface area contributed by atoms with E-state index in [1.165, 1.54) is 6.33 Å². The lowest BCUT2D eigenvalue weighted by molar-refractivity contribution is 0.463. The van der Waals surface area contributed by atoms with Gasteiger partial charge in [-0.2, -0.15) is 0 Å². The molecule has 4 heteroatoms. The molecule has 0 radical (unpaired) electrons. The van der Waals surface area contributed by atoms with Crippen LogP contribution in [0.5, 0.6) is 11.6 Å². The van der Waals surface area contributed by atoms with Crippen molar-refractivity contribution in [3.05, 3.63) is 54.4 Å². The van der Waals surface area contributed by atoms with Gasteiger partial charge in [0.2, 0.25) is 5.88 Å². The maximum atomic E-state index is 5.96. The highest BCUT2D eigenvalue weighted by Crippen LogP contribution is 2.29. The first-order chi connectivity index (χ1) is 9.78. The fourth-order valence-electron chi connectivity index (χ4n) is 2.13. The van der Waals surface area contributed by atoms with Gasteiger partial charge in [0.05, 0.1) is 10.9 Å². The molecular formula is C16H15N3O. The zero-order valence-corrected chi connectivity index (χ0v) is 11.2. The highest BCUT2D eigenvalue weighted by molar-refractivity contribution is 5.86. The predicted molar refractivity (Wildman–Crippen MR) is 79.8 cm³/mol. The number of aromatic nitrogens is 2. The summed E-state index contributed by atoms with van der Waals surface area (Å²) in [4.78, 5) is 8.45. The molecule has 0 atom stereocenters. The third-order valence-corrected chi connectivity index (χ3v) is 3.18. The smallest absolute Gasteiger partial charge is 0.230 e. The topological polar surface area (TPSA) is 61.0 Å².